The molecule has 5 heteroatoms. The Bertz CT molecular complexity index is 412. The van der Waals surface area contributed by atoms with E-state index in [4.69, 9.17) is 9.84 Å². The Balaban J connectivity index is -0.00000150. The summed E-state index contributed by atoms with van der Waals surface area (Å²) in [5.41, 5.74) is 0. The van der Waals surface area contributed by atoms with Crippen molar-refractivity contribution in [2.24, 2.45) is 0 Å². The first-order chi connectivity index (χ1) is 15.2. The van der Waals surface area contributed by atoms with E-state index in [1.54, 1.807) is 0 Å². The fourth-order valence-corrected chi connectivity index (χ4v) is 4.00. The molecular formula is C27H54CaO4. The van der Waals surface area contributed by atoms with Gasteiger partial charge >= 0.3 is 49.7 Å². The Morgan fingerprint density at radius 2 is 0.906 bits per heavy atom. The molecule has 0 radical (unpaired) electrons. The third-order valence-electron chi connectivity index (χ3n) is 6.03. The maximum Gasteiger partial charge on any atom is 2.00 e. The maximum atomic E-state index is 11.4. The van der Waals surface area contributed by atoms with Gasteiger partial charge in [-0.25, -0.2) is 0 Å². The van der Waals surface area contributed by atoms with E-state index in [1.165, 1.54) is 116 Å². The van der Waals surface area contributed by atoms with Crippen LogP contribution >= 0.6 is 0 Å². The summed E-state index contributed by atoms with van der Waals surface area (Å²) in [5, 5.41) is 8.53. The van der Waals surface area contributed by atoms with Gasteiger partial charge in [0.1, 0.15) is 0 Å². The average Bonchev–Trinajstić information content (AvgIpc) is 2.74. The Kier molecular flexibility index (Phi) is 31.4. The SMILES string of the molecule is CCCCCCCCCCCCCCCCCCCCCCOC(=O)CCCC(=O)O.[Ca+2].[H-].[H-]. The third kappa shape index (κ3) is 30.2. The molecule has 0 atom stereocenters. The number of hydrogen-bond donors (Lipinski definition) is 1. The van der Waals surface area contributed by atoms with Gasteiger partial charge in [-0.05, 0) is 12.8 Å². The zero-order valence-corrected chi connectivity index (χ0v) is 23.6. The first-order valence-electron chi connectivity index (χ1n) is 13.5. The molecule has 4 nitrogen and oxygen atoms in total. The monoisotopic (exact) mass is 482 g/mol. The summed E-state index contributed by atoms with van der Waals surface area (Å²) in [6, 6.07) is 0. The van der Waals surface area contributed by atoms with E-state index in [0.717, 1.165) is 12.8 Å². The largest absolute Gasteiger partial charge is 2.00 e. The number of hydrogen-bond acceptors (Lipinski definition) is 3. The molecule has 188 valence electrons. The summed E-state index contributed by atoms with van der Waals surface area (Å²) in [5.74, 6) is -1.12. The Morgan fingerprint density at radius 3 is 1.25 bits per heavy atom. The summed E-state index contributed by atoms with van der Waals surface area (Å²) < 4.78 is 5.13. The first-order valence-corrected chi connectivity index (χ1v) is 13.5. The number of ether oxygens (including phenoxy) is 1. The molecule has 0 heterocycles. The van der Waals surface area contributed by atoms with Gasteiger partial charge in [0.2, 0.25) is 0 Å². The minimum absolute atomic E-state index is 0. The molecule has 0 aromatic rings. The van der Waals surface area contributed by atoms with Gasteiger partial charge in [0, 0.05) is 12.8 Å². The molecule has 0 fully saturated rings. The van der Waals surface area contributed by atoms with E-state index in [0.29, 0.717) is 13.0 Å². The van der Waals surface area contributed by atoms with Crippen LogP contribution in [0.5, 0.6) is 0 Å². The van der Waals surface area contributed by atoms with Crippen molar-refractivity contribution in [2.45, 2.75) is 155 Å². The van der Waals surface area contributed by atoms with Crippen LogP contribution in [0, 0.1) is 0 Å². The third-order valence-corrected chi connectivity index (χ3v) is 6.03. The van der Waals surface area contributed by atoms with Crippen molar-refractivity contribution in [3.63, 3.8) is 0 Å². The maximum absolute atomic E-state index is 11.4. The standard InChI is InChI=1S/C27H52O4.Ca.2H/c1-2-3-4-5-6-7-8-9-10-11-12-13-14-15-16-17-18-19-20-21-25-31-27(30)24-22-23-26(28)29;;;/h2-25H2,1H3,(H,28,29);;;/q;+2;2*-1. The average molecular weight is 483 g/mol. The number of aliphatic carboxylic acids is 1. The molecule has 0 aliphatic rings. The van der Waals surface area contributed by atoms with Crippen molar-refractivity contribution in [1.29, 1.82) is 0 Å². The van der Waals surface area contributed by atoms with Gasteiger partial charge in [0.25, 0.3) is 0 Å². The zero-order chi connectivity index (χ0) is 22.8. The van der Waals surface area contributed by atoms with Crippen molar-refractivity contribution >= 4 is 49.7 Å². The minimum atomic E-state index is -0.859. The second-order valence-corrected chi connectivity index (χ2v) is 9.19. The molecule has 0 bridgehead atoms. The fourth-order valence-electron chi connectivity index (χ4n) is 4.00. The number of unbranched alkanes of at least 4 members (excludes halogenated alkanes) is 19. The molecule has 0 saturated heterocycles. The number of carboxylic acid groups (broad SMARTS) is 1. The van der Waals surface area contributed by atoms with Crippen molar-refractivity contribution in [2.75, 3.05) is 6.61 Å². The number of carbonyl (C=O) groups is 2. The molecule has 0 amide bonds. The number of esters is 1. The number of carbonyl (C=O) groups excluding carboxylic acids is 1. The van der Waals surface area contributed by atoms with Crippen molar-refractivity contribution in [3.8, 4) is 0 Å². The molecule has 0 rings (SSSR count). The fraction of sp³-hybridized carbons (Fsp3) is 0.926. The van der Waals surface area contributed by atoms with Gasteiger partial charge in [-0.15, -0.1) is 0 Å². The minimum Gasteiger partial charge on any atom is -1.00 e. The van der Waals surface area contributed by atoms with E-state index >= 15 is 0 Å². The Labute approximate surface area is 232 Å². The summed E-state index contributed by atoms with van der Waals surface area (Å²) in [6.45, 7) is 2.76. The smallest absolute Gasteiger partial charge is 1.00 e. The van der Waals surface area contributed by atoms with Gasteiger partial charge in [0.05, 0.1) is 6.61 Å². The Hall–Kier alpha value is 0.200. The van der Waals surface area contributed by atoms with Gasteiger partial charge < -0.3 is 12.7 Å². The van der Waals surface area contributed by atoms with Crippen LogP contribution in [-0.4, -0.2) is 61.4 Å². The summed E-state index contributed by atoms with van der Waals surface area (Å²) in [6.07, 6.45) is 27.7. The van der Waals surface area contributed by atoms with E-state index < -0.39 is 5.97 Å². The molecule has 0 unspecified atom stereocenters. The van der Waals surface area contributed by atoms with Gasteiger partial charge in [-0.3, -0.25) is 9.59 Å². The van der Waals surface area contributed by atoms with Gasteiger partial charge in [0.15, 0.2) is 0 Å². The second-order valence-electron chi connectivity index (χ2n) is 9.19. The van der Waals surface area contributed by atoms with E-state index in [2.05, 4.69) is 6.92 Å². The van der Waals surface area contributed by atoms with Crippen LogP contribution < -0.4 is 0 Å². The van der Waals surface area contributed by atoms with Crippen LogP contribution in [0.2, 0.25) is 0 Å². The molecule has 0 spiro atoms. The predicted octanol–water partition coefficient (Wildman–Crippen LogP) is 8.45. The van der Waals surface area contributed by atoms with E-state index in [1.807, 2.05) is 0 Å². The zero-order valence-electron chi connectivity index (χ0n) is 23.3. The van der Waals surface area contributed by atoms with Crippen LogP contribution in [0.3, 0.4) is 0 Å². The number of carboxylic acids is 1. The molecule has 32 heavy (non-hydrogen) atoms. The Morgan fingerprint density at radius 1 is 0.562 bits per heavy atom. The quantitative estimate of drug-likeness (QED) is 0.0805. The predicted molar refractivity (Wildman–Crippen MR) is 138 cm³/mol. The molecule has 1 N–H and O–H groups in total. The van der Waals surface area contributed by atoms with Crippen molar-refractivity contribution < 1.29 is 22.3 Å². The molecular weight excluding hydrogens is 428 g/mol. The molecule has 0 aromatic heterocycles. The molecule has 0 aliphatic carbocycles. The van der Waals surface area contributed by atoms with Gasteiger partial charge in [-0.1, -0.05) is 129 Å². The summed E-state index contributed by atoms with van der Waals surface area (Å²) in [7, 11) is 0. The topological polar surface area (TPSA) is 63.6 Å². The number of rotatable bonds is 25. The second kappa shape index (κ2) is 29.2. The van der Waals surface area contributed by atoms with Crippen molar-refractivity contribution in [1.82, 2.24) is 0 Å². The molecule has 0 aromatic carbocycles. The van der Waals surface area contributed by atoms with Crippen LogP contribution in [0.25, 0.3) is 0 Å². The molecule has 0 saturated carbocycles. The normalized spacial score (nSPS) is 10.7. The van der Waals surface area contributed by atoms with Gasteiger partial charge in [-0.2, -0.15) is 0 Å². The molecule has 0 aliphatic heterocycles. The van der Waals surface area contributed by atoms with Crippen LogP contribution in [0.1, 0.15) is 157 Å². The van der Waals surface area contributed by atoms with Crippen LogP contribution in [0.4, 0.5) is 0 Å². The van der Waals surface area contributed by atoms with Crippen LogP contribution in [0.15, 0.2) is 0 Å². The summed E-state index contributed by atoms with van der Waals surface area (Å²) in [4.78, 5) is 21.8. The van der Waals surface area contributed by atoms with Crippen LogP contribution in [-0.2, 0) is 14.3 Å². The van der Waals surface area contributed by atoms with Crippen molar-refractivity contribution in [3.05, 3.63) is 0 Å². The first kappa shape index (κ1) is 34.4. The van der Waals surface area contributed by atoms with E-state index in [-0.39, 0.29) is 59.4 Å². The summed E-state index contributed by atoms with van der Waals surface area (Å²) >= 11 is 0. The van der Waals surface area contributed by atoms with E-state index in [9.17, 15) is 9.59 Å².